The van der Waals surface area contributed by atoms with Gasteiger partial charge in [-0.25, -0.2) is 0 Å². The Kier molecular flexibility index (Phi) is 5.37. The number of rotatable bonds is 8. The number of carboxylic acids is 1. The van der Waals surface area contributed by atoms with Crippen molar-refractivity contribution >= 4 is 11.9 Å². The summed E-state index contributed by atoms with van der Waals surface area (Å²) in [6.45, 7) is 2.30. The molecule has 2 unspecified atom stereocenters. The van der Waals surface area contributed by atoms with Crippen LogP contribution in [0.1, 0.15) is 19.8 Å². The Labute approximate surface area is 101 Å². The molecule has 2 atom stereocenters. The fraction of sp³-hybridized carbons (Fsp3) is 0.818. The highest BCUT2D eigenvalue weighted by Crippen LogP contribution is 2.32. The van der Waals surface area contributed by atoms with Crippen molar-refractivity contribution < 1.29 is 19.4 Å². The quantitative estimate of drug-likeness (QED) is 0.540. The number of amides is 1. The van der Waals surface area contributed by atoms with Gasteiger partial charge in [-0.2, -0.15) is 0 Å². The molecule has 1 saturated carbocycles. The molecular weight excluding hydrogens is 224 g/mol. The van der Waals surface area contributed by atoms with E-state index in [-0.39, 0.29) is 24.4 Å². The first kappa shape index (κ1) is 13.9. The number of hydrogen-bond donors (Lipinski definition) is 3. The molecule has 1 fully saturated rings. The second-order valence-electron chi connectivity index (χ2n) is 4.46. The van der Waals surface area contributed by atoms with Crippen molar-refractivity contribution in [3.63, 3.8) is 0 Å². The van der Waals surface area contributed by atoms with Gasteiger partial charge in [-0.1, -0.05) is 0 Å². The third-order valence-electron chi connectivity index (χ3n) is 2.67. The largest absolute Gasteiger partial charge is 0.480 e. The Morgan fingerprint density at radius 1 is 1.47 bits per heavy atom. The molecule has 0 saturated heterocycles. The normalized spacial score (nSPS) is 18.5. The van der Waals surface area contributed by atoms with Gasteiger partial charge in [0.25, 0.3) is 0 Å². The lowest BCUT2D eigenvalue weighted by atomic mass is 10.2. The van der Waals surface area contributed by atoms with E-state index in [9.17, 15) is 9.59 Å². The van der Waals surface area contributed by atoms with Crippen molar-refractivity contribution in [1.29, 1.82) is 0 Å². The second-order valence-corrected chi connectivity index (χ2v) is 4.46. The maximum atomic E-state index is 11.5. The molecule has 6 heteroatoms. The summed E-state index contributed by atoms with van der Waals surface area (Å²) < 4.78 is 4.89. The van der Waals surface area contributed by atoms with Crippen molar-refractivity contribution in [3.8, 4) is 0 Å². The van der Waals surface area contributed by atoms with E-state index in [1.54, 1.807) is 7.11 Å². The van der Waals surface area contributed by atoms with Crippen molar-refractivity contribution in [2.75, 3.05) is 20.3 Å². The highest BCUT2D eigenvalue weighted by Gasteiger charge is 2.36. The topological polar surface area (TPSA) is 87.7 Å². The van der Waals surface area contributed by atoms with Crippen molar-refractivity contribution in [3.05, 3.63) is 0 Å². The fourth-order valence-electron chi connectivity index (χ4n) is 1.71. The van der Waals surface area contributed by atoms with Crippen molar-refractivity contribution in [1.82, 2.24) is 10.6 Å². The standard InChI is InChI=1S/C11H20N2O4/c1-7(6-17-2)13-9(14)5-12-10(11(15)16)8-3-4-8/h7-8,10,12H,3-6H2,1-2H3,(H,13,14)(H,15,16). The first-order valence-electron chi connectivity index (χ1n) is 5.79. The molecule has 0 bridgehead atoms. The van der Waals surface area contributed by atoms with Gasteiger partial charge in [-0.3, -0.25) is 14.9 Å². The summed E-state index contributed by atoms with van der Waals surface area (Å²) in [6, 6.07) is -0.669. The molecule has 1 aliphatic rings. The first-order chi connectivity index (χ1) is 8.04. The van der Waals surface area contributed by atoms with Crippen LogP contribution >= 0.6 is 0 Å². The predicted octanol–water partition coefficient (Wildman–Crippen LogP) is -0.410. The zero-order chi connectivity index (χ0) is 12.8. The molecule has 0 heterocycles. The Balaban J connectivity index is 2.24. The summed E-state index contributed by atoms with van der Waals surface area (Å²) in [5.41, 5.74) is 0. The minimum Gasteiger partial charge on any atom is -0.480 e. The van der Waals surface area contributed by atoms with Crippen LogP contribution in [0.4, 0.5) is 0 Å². The summed E-state index contributed by atoms with van der Waals surface area (Å²) in [7, 11) is 1.56. The molecule has 17 heavy (non-hydrogen) atoms. The molecule has 3 N–H and O–H groups in total. The van der Waals surface area contributed by atoms with Gasteiger partial charge in [0, 0.05) is 13.2 Å². The molecule has 0 spiro atoms. The lowest BCUT2D eigenvalue weighted by molar-refractivity contribution is -0.140. The highest BCUT2D eigenvalue weighted by atomic mass is 16.5. The van der Waals surface area contributed by atoms with Gasteiger partial charge in [0.15, 0.2) is 0 Å². The monoisotopic (exact) mass is 244 g/mol. The van der Waals surface area contributed by atoms with Crippen LogP contribution in [0.2, 0.25) is 0 Å². The predicted molar refractivity (Wildman–Crippen MR) is 61.6 cm³/mol. The number of methoxy groups -OCH3 is 1. The van der Waals surface area contributed by atoms with E-state index in [4.69, 9.17) is 9.84 Å². The van der Waals surface area contributed by atoms with E-state index in [1.807, 2.05) is 6.92 Å². The van der Waals surface area contributed by atoms with Gasteiger partial charge < -0.3 is 15.2 Å². The SMILES string of the molecule is COCC(C)NC(=O)CNC(C(=O)O)C1CC1. The van der Waals surface area contributed by atoms with E-state index in [2.05, 4.69) is 10.6 Å². The summed E-state index contributed by atoms with van der Waals surface area (Å²) >= 11 is 0. The van der Waals surface area contributed by atoms with Gasteiger partial charge >= 0.3 is 5.97 Å². The maximum Gasteiger partial charge on any atom is 0.320 e. The number of carboxylic acid groups (broad SMARTS) is 1. The second kappa shape index (κ2) is 6.56. The van der Waals surface area contributed by atoms with E-state index in [0.717, 1.165) is 12.8 Å². The highest BCUT2D eigenvalue weighted by molar-refractivity contribution is 5.80. The van der Waals surface area contributed by atoms with Crippen LogP contribution < -0.4 is 10.6 Å². The Morgan fingerprint density at radius 3 is 2.59 bits per heavy atom. The van der Waals surface area contributed by atoms with Crippen molar-refractivity contribution in [2.45, 2.75) is 31.8 Å². The number of carbonyl (C=O) groups excluding carboxylic acids is 1. The maximum absolute atomic E-state index is 11.5. The molecule has 0 aromatic carbocycles. The van der Waals surface area contributed by atoms with Gasteiger partial charge in [0.05, 0.1) is 13.2 Å². The van der Waals surface area contributed by atoms with Crippen LogP contribution in [-0.4, -0.2) is 49.3 Å². The average molecular weight is 244 g/mol. The molecule has 98 valence electrons. The van der Waals surface area contributed by atoms with E-state index < -0.39 is 12.0 Å². The molecule has 1 amide bonds. The molecule has 1 rings (SSSR count). The summed E-state index contributed by atoms with van der Waals surface area (Å²) in [5, 5.41) is 14.4. The average Bonchev–Trinajstić information content (AvgIpc) is 3.01. The van der Waals surface area contributed by atoms with Crippen LogP contribution in [0.3, 0.4) is 0 Å². The third-order valence-corrected chi connectivity index (χ3v) is 2.67. The van der Waals surface area contributed by atoms with E-state index in [1.165, 1.54) is 0 Å². The summed E-state index contributed by atoms with van der Waals surface area (Å²) in [6.07, 6.45) is 1.84. The number of ether oxygens (including phenoxy) is 1. The first-order valence-corrected chi connectivity index (χ1v) is 5.79. The van der Waals surface area contributed by atoms with Gasteiger partial charge in [0.1, 0.15) is 6.04 Å². The number of aliphatic carboxylic acids is 1. The van der Waals surface area contributed by atoms with Gasteiger partial charge in [-0.15, -0.1) is 0 Å². The number of nitrogens with one attached hydrogen (secondary N) is 2. The van der Waals surface area contributed by atoms with Crippen LogP contribution in [0.25, 0.3) is 0 Å². The molecule has 0 aliphatic heterocycles. The molecule has 0 radical (unpaired) electrons. The van der Waals surface area contributed by atoms with Crippen LogP contribution in [0, 0.1) is 5.92 Å². The lowest BCUT2D eigenvalue weighted by Gasteiger charge is -2.16. The van der Waals surface area contributed by atoms with E-state index in [0.29, 0.717) is 6.61 Å². The summed E-state index contributed by atoms with van der Waals surface area (Å²) in [4.78, 5) is 22.4. The van der Waals surface area contributed by atoms with E-state index >= 15 is 0 Å². The van der Waals surface area contributed by atoms with Crippen LogP contribution in [0.5, 0.6) is 0 Å². The van der Waals surface area contributed by atoms with Crippen molar-refractivity contribution in [2.24, 2.45) is 5.92 Å². The Bertz CT molecular complexity index is 279. The smallest absolute Gasteiger partial charge is 0.320 e. The zero-order valence-corrected chi connectivity index (χ0v) is 10.2. The minimum atomic E-state index is -0.884. The molecule has 6 nitrogen and oxygen atoms in total. The van der Waals surface area contributed by atoms with Crippen LogP contribution in [-0.2, 0) is 14.3 Å². The van der Waals surface area contributed by atoms with Crippen LogP contribution in [0.15, 0.2) is 0 Å². The third kappa shape index (κ3) is 5.14. The molecule has 0 aromatic rings. The lowest BCUT2D eigenvalue weighted by Crippen LogP contribution is -2.46. The number of carbonyl (C=O) groups is 2. The minimum absolute atomic E-state index is 0.0293. The van der Waals surface area contributed by atoms with Gasteiger partial charge in [0.2, 0.25) is 5.91 Å². The Hall–Kier alpha value is -1.14. The molecular formula is C11H20N2O4. The number of hydrogen-bond acceptors (Lipinski definition) is 4. The van der Waals surface area contributed by atoms with Gasteiger partial charge in [-0.05, 0) is 25.7 Å². The zero-order valence-electron chi connectivity index (χ0n) is 10.2. The molecule has 1 aliphatic carbocycles. The summed E-state index contributed by atoms with van der Waals surface area (Å²) in [5.74, 6) is -0.914. The Morgan fingerprint density at radius 2 is 2.12 bits per heavy atom. The molecule has 0 aromatic heterocycles. The fourth-order valence-corrected chi connectivity index (χ4v) is 1.71.